The minimum atomic E-state index is 0.741. The molecule has 1 fully saturated rings. The molecule has 0 N–H and O–H groups in total. The molecule has 1 heteroatoms. The van der Waals surface area contributed by atoms with E-state index < -0.39 is 0 Å². The normalized spacial score (nSPS) is 21.0. The van der Waals surface area contributed by atoms with Gasteiger partial charge in [0.25, 0.3) is 0 Å². The maximum Gasteiger partial charge on any atom is 0.0246 e. The summed E-state index contributed by atoms with van der Waals surface area (Å²) in [6.07, 6.45) is 6.77. The molecule has 1 rings (SSSR count). The average molecular weight is 126 g/mol. The predicted octanol–water partition coefficient (Wildman–Crippen LogP) is 1.94. The Hall–Kier alpha value is -0.0400. The smallest absolute Gasteiger partial charge is 0.0246 e. The van der Waals surface area contributed by atoms with Crippen LogP contribution in [0.4, 0.5) is 0 Å². The predicted molar refractivity (Wildman–Crippen MR) is 39.5 cm³/mol. The summed E-state index contributed by atoms with van der Waals surface area (Å²) in [4.78, 5) is 0. The molecule has 53 valence electrons. The Morgan fingerprint density at radius 3 is 2.56 bits per heavy atom. The van der Waals surface area contributed by atoms with Gasteiger partial charge in [0.1, 0.15) is 0 Å². The molecule has 9 heavy (non-hydrogen) atoms. The molecular formula is C8H16N. The van der Waals surface area contributed by atoms with Crippen LogP contribution in [-0.2, 0) is 0 Å². The van der Waals surface area contributed by atoms with Crippen molar-refractivity contribution >= 4 is 0 Å². The van der Waals surface area contributed by atoms with E-state index in [1.807, 2.05) is 0 Å². The minimum Gasteiger partial charge on any atom is -0.238 e. The van der Waals surface area contributed by atoms with Crippen LogP contribution in [0.15, 0.2) is 0 Å². The lowest BCUT2D eigenvalue weighted by Crippen LogP contribution is -2.18. The summed E-state index contributed by atoms with van der Waals surface area (Å²) in [6, 6.07) is 0.741. The Kier molecular flexibility index (Phi) is 3.05. The molecule has 1 radical (unpaired) electrons. The standard InChI is InChI=1S/C8H16N/c1-2-7-9-8-5-3-4-6-8/h8H,2-7H2,1H3. The molecule has 0 aromatic carbocycles. The van der Waals surface area contributed by atoms with Gasteiger partial charge in [0.05, 0.1) is 0 Å². The first-order chi connectivity index (χ1) is 4.43. The Balaban J connectivity index is 1.98. The SMILES string of the molecule is CCC[N]C1CCCC1. The molecule has 0 aromatic rings. The van der Waals surface area contributed by atoms with E-state index in [-0.39, 0.29) is 0 Å². The molecule has 1 aliphatic carbocycles. The van der Waals surface area contributed by atoms with E-state index in [1.54, 1.807) is 0 Å². The van der Waals surface area contributed by atoms with E-state index in [2.05, 4.69) is 12.2 Å². The Labute approximate surface area is 57.8 Å². The number of hydrogen-bond donors (Lipinski definition) is 0. The zero-order chi connectivity index (χ0) is 6.53. The summed E-state index contributed by atoms with van der Waals surface area (Å²) in [6.45, 7) is 3.28. The number of nitrogens with zero attached hydrogens (tertiary/aromatic N) is 1. The summed E-state index contributed by atoms with van der Waals surface area (Å²) >= 11 is 0. The van der Waals surface area contributed by atoms with Gasteiger partial charge < -0.3 is 0 Å². The second-order valence-electron chi connectivity index (χ2n) is 2.84. The monoisotopic (exact) mass is 126 g/mol. The van der Waals surface area contributed by atoms with Gasteiger partial charge in [-0.25, -0.2) is 5.32 Å². The first-order valence-electron chi connectivity index (χ1n) is 4.10. The average Bonchev–Trinajstić information content (AvgIpc) is 2.34. The van der Waals surface area contributed by atoms with E-state index in [9.17, 15) is 0 Å². The van der Waals surface area contributed by atoms with Crippen molar-refractivity contribution in [2.45, 2.75) is 45.1 Å². The molecule has 0 saturated heterocycles. The number of rotatable bonds is 3. The molecule has 0 atom stereocenters. The van der Waals surface area contributed by atoms with Crippen LogP contribution in [0.1, 0.15) is 39.0 Å². The first kappa shape index (κ1) is 7.07. The van der Waals surface area contributed by atoms with Gasteiger partial charge in [-0.3, -0.25) is 0 Å². The van der Waals surface area contributed by atoms with Crippen LogP contribution >= 0.6 is 0 Å². The van der Waals surface area contributed by atoms with Gasteiger partial charge in [-0.1, -0.05) is 19.8 Å². The maximum atomic E-state index is 4.54. The lowest BCUT2D eigenvalue weighted by molar-refractivity contribution is 0.512. The second kappa shape index (κ2) is 3.89. The quantitative estimate of drug-likeness (QED) is 0.548. The molecule has 0 aliphatic heterocycles. The molecule has 0 unspecified atom stereocenters. The molecule has 0 spiro atoms. The van der Waals surface area contributed by atoms with E-state index in [1.165, 1.54) is 32.1 Å². The van der Waals surface area contributed by atoms with Crippen LogP contribution in [0.2, 0.25) is 0 Å². The summed E-state index contributed by atoms with van der Waals surface area (Å²) in [7, 11) is 0. The summed E-state index contributed by atoms with van der Waals surface area (Å²) in [5.41, 5.74) is 0. The van der Waals surface area contributed by atoms with Gasteiger partial charge in [-0.15, -0.1) is 0 Å². The van der Waals surface area contributed by atoms with Gasteiger partial charge in [0.2, 0.25) is 0 Å². The topological polar surface area (TPSA) is 14.1 Å². The molecule has 1 saturated carbocycles. The lowest BCUT2D eigenvalue weighted by Gasteiger charge is -2.06. The van der Waals surface area contributed by atoms with Crippen LogP contribution in [0.5, 0.6) is 0 Å². The van der Waals surface area contributed by atoms with Crippen LogP contribution in [0.3, 0.4) is 0 Å². The lowest BCUT2D eigenvalue weighted by atomic mass is 10.2. The first-order valence-corrected chi connectivity index (χ1v) is 4.10. The highest BCUT2D eigenvalue weighted by Crippen LogP contribution is 2.18. The Morgan fingerprint density at radius 2 is 2.00 bits per heavy atom. The van der Waals surface area contributed by atoms with Crippen molar-refractivity contribution in [2.24, 2.45) is 0 Å². The van der Waals surface area contributed by atoms with Gasteiger partial charge in [-0.2, -0.15) is 0 Å². The van der Waals surface area contributed by atoms with Crippen molar-refractivity contribution in [1.82, 2.24) is 5.32 Å². The van der Waals surface area contributed by atoms with Crippen molar-refractivity contribution in [3.8, 4) is 0 Å². The van der Waals surface area contributed by atoms with Crippen molar-refractivity contribution in [3.05, 3.63) is 0 Å². The highest BCUT2D eigenvalue weighted by atomic mass is 14.9. The van der Waals surface area contributed by atoms with Crippen molar-refractivity contribution in [3.63, 3.8) is 0 Å². The van der Waals surface area contributed by atoms with Gasteiger partial charge in [0, 0.05) is 12.6 Å². The van der Waals surface area contributed by atoms with E-state index in [0.717, 1.165) is 12.6 Å². The molecular weight excluding hydrogens is 110 g/mol. The van der Waals surface area contributed by atoms with E-state index in [4.69, 9.17) is 0 Å². The molecule has 0 aromatic heterocycles. The van der Waals surface area contributed by atoms with Crippen molar-refractivity contribution < 1.29 is 0 Å². The van der Waals surface area contributed by atoms with E-state index >= 15 is 0 Å². The molecule has 0 bridgehead atoms. The summed E-state index contributed by atoms with van der Waals surface area (Å²) in [5, 5.41) is 4.54. The minimum absolute atomic E-state index is 0.741. The Morgan fingerprint density at radius 1 is 1.33 bits per heavy atom. The Bertz CT molecular complexity index is 65.0. The van der Waals surface area contributed by atoms with Crippen molar-refractivity contribution in [2.75, 3.05) is 6.54 Å². The van der Waals surface area contributed by atoms with Gasteiger partial charge in [-0.05, 0) is 19.3 Å². The zero-order valence-electron chi connectivity index (χ0n) is 6.27. The van der Waals surface area contributed by atoms with Crippen LogP contribution in [0, 0.1) is 0 Å². The summed E-state index contributed by atoms with van der Waals surface area (Å²) < 4.78 is 0. The third-order valence-electron chi connectivity index (χ3n) is 1.94. The van der Waals surface area contributed by atoms with Gasteiger partial charge in [0.15, 0.2) is 0 Å². The molecule has 0 amide bonds. The van der Waals surface area contributed by atoms with Crippen LogP contribution < -0.4 is 5.32 Å². The molecule has 0 heterocycles. The van der Waals surface area contributed by atoms with Crippen LogP contribution in [-0.4, -0.2) is 12.6 Å². The van der Waals surface area contributed by atoms with E-state index in [0.29, 0.717) is 0 Å². The van der Waals surface area contributed by atoms with Crippen molar-refractivity contribution in [1.29, 1.82) is 0 Å². The molecule has 1 nitrogen and oxygen atoms in total. The summed E-state index contributed by atoms with van der Waals surface area (Å²) in [5.74, 6) is 0. The highest BCUT2D eigenvalue weighted by Gasteiger charge is 2.13. The molecule has 1 aliphatic rings. The maximum absolute atomic E-state index is 4.54. The third-order valence-corrected chi connectivity index (χ3v) is 1.94. The van der Waals surface area contributed by atoms with Crippen LogP contribution in [0.25, 0.3) is 0 Å². The fourth-order valence-electron chi connectivity index (χ4n) is 1.40. The largest absolute Gasteiger partial charge is 0.238 e. The second-order valence-corrected chi connectivity index (χ2v) is 2.84. The fraction of sp³-hybridized carbons (Fsp3) is 1.00. The zero-order valence-corrected chi connectivity index (χ0v) is 6.27. The third kappa shape index (κ3) is 2.35. The highest BCUT2D eigenvalue weighted by molar-refractivity contribution is 4.72. The van der Waals surface area contributed by atoms with Gasteiger partial charge >= 0.3 is 0 Å². The fourth-order valence-corrected chi connectivity index (χ4v) is 1.40. The number of hydrogen-bond acceptors (Lipinski definition) is 0.